The third kappa shape index (κ3) is 1.54. The summed E-state index contributed by atoms with van der Waals surface area (Å²) >= 11 is 0. The van der Waals surface area contributed by atoms with Gasteiger partial charge < -0.3 is 14.5 Å². The largest absolute Gasteiger partial charge is 0.454 e. The molecule has 0 bridgehead atoms. The molecule has 5 aromatic rings. The number of nitrogens with one attached hydrogen (secondary N) is 1. The summed E-state index contributed by atoms with van der Waals surface area (Å²) in [6.45, 7) is -0.0920. The Kier molecular flexibility index (Phi) is 2.27. The molecule has 6 heteroatoms. The fourth-order valence-corrected chi connectivity index (χ4v) is 4.43. The summed E-state index contributed by atoms with van der Waals surface area (Å²) in [4.78, 5) is 7.18. The molecular formula is C21H13BN4O. The van der Waals surface area contributed by atoms with Crippen molar-refractivity contribution in [2.75, 3.05) is 10.0 Å². The Balaban J connectivity index is 1.59. The van der Waals surface area contributed by atoms with Crippen molar-refractivity contribution in [1.29, 1.82) is 0 Å². The van der Waals surface area contributed by atoms with E-state index < -0.39 is 0 Å². The highest BCUT2D eigenvalue weighted by atomic mass is 16.4. The van der Waals surface area contributed by atoms with Gasteiger partial charge in [0.25, 0.3) is 0 Å². The van der Waals surface area contributed by atoms with Gasteiger partial charge in [-0.15, -0.1) is 0 Å². The highest BCUT2D eigenvalue weighted by Gasteiger charge is 2.47. The van der Waals surface area contributed by atoms with E-state index in [9.17, 15) is 0 Å². The van der Waals surface area contributed by atoms with Crippen LogP contribution >= 0.6 is 0 Å². The number of rotatable bonds is 0. The molecule has 4 heterocycles. The summed E-state index contributed by atoms with van der Waals surface area (Å²) in [6.07, 6.45) is 0. The predicted octanol–water partition coefficient (Wildman–Crippen LogP) is 4.04. The summed E-state index contributed by atoms with van der Waals surface area (Å²) in [7, 11) is 0. The predicted molar refractivity (Wildman–Crippen MR) is 108 cm³/mol. The number of imidazole rings is 1. The smallest absolute Gasteiger partial charge is 0.439 e. The zero-order chi connectivity index (χ0) is 17.5. The fourth-order valence-electron chi connectivity index (χ4n) is 4.43. The fraction of sp³-hybridized carbons (Fsp3) is 0. The average molecular weight is 348 g/mol. The number of anilines is 3. The molecule has 0 aliphatic carbocycles. The highest BCUT2D eigenvalue weighted by molar-refractivity contribution is 6.82. The first-order valence-corrected chi connectivity index (χ1v) is 9.04. The molecule has 3 aromatic carbocycles. The van der Waals surface area contributed by atoms with Crippen LogP contribution in [0.4, 0.5) is 17.3 Å². The first-order valence-electron chi connectivity index (χ1n) is 9.04. The van der Waals surface area contributed by atoms with Crippen molar-refractivity contribution in [2.24, 2.45) is 0 Å². The van der Waals surface area contributed by atoms with Crippen LogP contribution in [0.2, 0.25) is 0 Å². The lowest BCUT2D eigenvalue weighted by atomic mass is 9.72. The van der Waals surface area contributed by atoms with Gasteiger partial charge in [-0.3, -0.25) is 4.57 Å². The van der Waals surface area contributed by atoms with Crippen LogP contribution in [0.3, 0.4) is 0 Å². The second-order valence-corrected chi connectivity index (χ2v) is 6.98. The molecule has 0 saturated heterocycles. The van der Waals surface area contributed by atoms with Gasteiger partial charge in [-0.05, 0) is 36.4 Å². The third-order valence-electron chi connectivity index (χ3n) is 5.55. The molecule has 0 unspecified atom stereocenters. The van der Waals surface area contributed by atoms with Crippen LogP contribution in [0, 0.1) is 0 Å². The SMILES string of the molecule is c1ccc2c(c1)N1B(Nc3c1oc1ccccc31)c1nc3ccccc3n1-2. The Morgan fingerprint density at radius 1 is 0.852 bits per heavy atom. The second kappa shape index (κ2) is 4.54. The van der Waals surface area contributed by atoms with Crippen molar-refractivity contribution in [2.45, 2.75) is 0 Å². The zero-order valence-corrected chi connectivity index (χ0v) is 14.3. The molecule has 0 fully saturated rings. The van der Waals surface area contributed by atoms with Crippen LogP contribution < -0.4 is 15.8 Å². The van der Waals surface area contributed by atoms with Crippen molar-refractivity contribution in [3.63, 3.8) is 0 Å². The van der Waals surface area contributed by atoms with Crippen LogP contribution in [0.5, 0.6) is 0 Å². The number of fused-ring (bicyclic) bond motifs is 12. The molecule has 2 aliphatic rings. The normalized spacial score (nSPS) is 14.1. The van der Waals surface area contributed by atoms with E-state index in [2.05, 4.69) is 63.1 Å². The molecule has 0 spiro atoms. The molecule has 5 nitrogen and oxygen atoms in total. The van der Waals surface area contributed by atoms with E-state index in [4.69, 9.17) is 9.40 Å². The minimum absolute atomic E-state index is 0.0920. The number of furan rings is 1. The number of hydrogen-bond donors (Lipinski definition) is 1. The molecule has 2 aromatic heterocycles. The Labute approximate surface area is 155 Å². The van der Waals surface area contributed by atoms with E-state index in [1.165, 1.54) is 0 Å². The Morgan fingerprint density at radius 2 is 1.63 bits per heavy atom. The molecule has 7 rings (SSSR count). The Bertz CT molecular complexity index is 1390. The van der Waals surface area contributed by atoms with E-state index in [0.717, 1.165) is 50.7 Å². The molecule has 0 radical (unpaired) electrons. The number of benzene rings is 3. The van der Waals surface area contributed by atoms with Gasteiger partial charge in [0, 0.05) is 5.39 Å². The quantitative estimate of drug-likeness (QED) is 0.429. The second-order valence-electron chi connectivity index (χ2n) is 6.98. The van der Waals surface area contributed by atoms with Gasteiger partial charge in [-0.2, -0.15) is 0 Å². The lowest BCUT2D eigenvalue weighted by molar-refractivity contribution is 0.627. The van der Waals surface area contributed by atoms with Crippen LogP contribution in [-0.4, -0.2) is 16.5 Å². The van der Waals surface area contributed by atoms with Crippen LogP contribution in [0.15, 0.2) is 77.2 Å². The molecule has 2 aliphatic heterocycles. The van der Waals surface area contributed by atoms with Gasteiger partial charge in [0.1, 0.15) is 11.3 Å². The van der Waals surface area contributed by atoms with E-state index >= 15 is 0 Å². The average Bonchev–Trinajstić information content (AvgIpc) is 3.37. The Hall–Kier alpha value is -3.67. The summed E-state index contributed by atoms with van der Waals surface area (Å²) < 4.78 is 8.51. The van der Waals surface area contributed by atoms with E-state index in [1.54, 1.807) is 0 Å². The van der Waals surface area contributed by atoms with E-state index in [0.29, 0.717) is 0 Å². The van der Waals surface area contributed by atoms with Gasteiger partial charge in [-0.1, -0.05) is 36.4 Å². The van der Waals surface area contributed by atoms with E-state index in [1.807, 2.05) is 24.3 Å². The van der Waals surface area contributed by atoms with Gasteiger partial charge in [-0.25, -0.2) is 4.98 Å². The lowest BCUT2D eigenvalue weighted by Crippen LogP contribution is -2.55. The van der Waals surface area contributed by atoms with Gasteiger partial charge in [0.15, 0.2) is 0 Å². The molecule has 0 amide bonds. The van der Waals surface area contributed by atoms with Crippen LogP contribution in [0.25, 0.3) is 27.7 Å². The standard InChI is InChI=1S/C21H13BN4O/c1-6-12-18-13(7-1)19-20(27-18)26-17-11-5-4-10-16(17)25-15-9-3-2-8-14(15)23-21(25)22(26)24-19/h1-12,24H. The van der Waals surface area contributed by atoms with Crippen molar-refractivity contribution >= 4 is 52.0 Å². The van der Waals surface area contributed by atoms with Gasteiger partial charge >= 0.3 is 6.98 Å². The molecule has 27 heavy (non-hydrogen) atoms. The summed E-state index contributed by atoms with van der Waals surface area (Å²) in [5.74, 6) is 0.854. The first-order chi connectivity index (χ1) is 13.4. The maximum absolute atomic E-state index is 6.25. The van der Waals surface area contributed by atoms with Crippen molar-refractivity contribution < 1.29 is 4.42 Å². The number of para-hydroxylation sites is 5. The van der Waals surface area contributed by atoms with Gasteiger partial charge in [0.05, 0.1) is 28.1 Å². The van der Waals surface area contributed by atoms with Crippen molar-refractivity contribution in [3.8, 4) is 5.69 Å². The summed E-state index contributed by atoms with van der Waals surface area (Å²) in [6, 6.07) is 24.9. The van der Waals surface area contributed by atoms with Crippen molar-refractivity contribution in [1.82, 2.24) is 9.55 Å². The number of hydrogen-bond acceptors (Lipinski definition) is 4. The zero-order valence-electron chi connectivity index (χ0n) is 14.3. The maximum Gasteiger partial charge on any atom is 0.454 e. The first kappa shape index (κ1) is 13.5. The van der Waals surface area contributed by atoms with Crippen molar-refractivity contribution in [3.05, 3.63) is 72.8 Å². The third-order valence-corrected chi connectivity index (χ3v) is 5.55. The maximum atomic E-state index is 6.25. The lowest BCUT2D eigenvalue weighted by Gasteiger charge is -2.30. The number of aromatic nitrogens is 2. The van der Waals surface area contributed by atoms with E-state index in [-0.39, 0.29) is 6.98 Å². The highest BCUT2D eigenvalue weighted by Crippen LogP contribution is 2.48. The number of nitrogens with zero attached hydrogens (tertiary/aromatic N) is 3. The topological polar surface area (TPSA) is 46.2 Å². The molecule has 1 N–H and O–H groups in total. The minimum Gasteiger partial charge on any atom is -0.439 e. The Morgan fingerprint density at radius 3 is 2.59 bits per heavy atom. The van der Waals surface area contributed by atoms with Gasteiger partial charge in [0.2, 0.25) is 5.88 Å². The molecule has 0 saturated carbocycles. The minimum atomic E-state index is -0.0920. The summed E-state index contributed by atoms with van der Waals surface area (Å²) in [5.41, 5.74) is 7.26. The van der Waals surface area contributed by atoms with Crippen LogP contribution in [-0.2, 0) is 0 Å². The molecule has 126 valence electrons. The molecular weight excluding hydrogens is 335 g/mol. The van der Waals surface area contributed by atoms with Crippen LogP contribution in [0.1, 0.15) is 0 Å². The summed E-state index contributed by atoms with van der Waals surface area (Å²) in [5, 5.41) is 4.77. The monoisotopic (exact) mass is 348 g/mol. The molecule has 0 atom stereocenters.